The standard InChI is InChI=1S/C24H27O2P/c1-24(2,3)23(25)19-14-8-10-16-21(19)27(18-12-6-5-7-13-18)22-17-11-9-15-20(22)26-4/h5-17,23,25H,1-4H3. The molecule has 1 N–H and O–H groups in total. The van der Waals surface area contributed by atoms with E-state index in [-0.39, 0.29) is 5.41 Å². The van der Waals surface area contributed by atoms with Crippen molar-refractivity contribution in [2.45, 2.75) is 26.9 Å². The Balaban J connectivity index is 2.25. The van der Waals surface area contributed by atoms with Crippen molar-refractivity contribution in [1.82, 2.24) is 0 Å². The molecule has 0 spiro atoms. The van der Waals surface area contributed by atoms with Crippen LogP contribution in [0.15, 0.2) is 78.9 Å². The molecule has 0 aliphatic heterocycles. The zero-order valence-corrected chi connectivity index (χ0v) is 17.3. The molecule has 0 amide bonds. The second-order valence-electron chi connectivity index (χ2n) is 7.67. The topological polar surface area (TPSA) is 29.5 Å². The van der Waals surface area contributed by atoms with E-state index in [1.54, 1.807) is 7.11 Å². The molecule has 0 bridgehead atoms. The summed E-state index contributed by atoms with van der Waals surface area (Å²) in [4.78, 5) is 0. The second kappa shape index (κ2) is 8.25. The molecule has 0 fully saturated rings. The first-order valence-corrected chi connectivity index (χ1v) is 10.5. The van der Waals surface area contributed by atoms with Gasteiger partial charge >= 0.3 is 0 Å². The highest BCUT2D eigenvalue weighted by Crippen LogP contribution is 2.41. The summed E-state index contributed by atoms with van der Waals surface area (Å²) >= 11 is 0. The van der Waals surface area contributed by atoms with E-state index < -0.39 is 14.0 Å². The van der Waals surface area contributed by atoms with Crippen LogP contribution in [0.5, 0.6) is 5.75 Å². The Bertz CT molecular complexity index is 884. The lowest BCUT2D eigenvalue weighted by atomic mass is 9.85. The van der Waals surface area contributed by atoms with Gasteiger partial charge < -0.3 is 9.84 Å². The molecule has 0 saturated heterocycles. The molecule has 3 heteroatoms. The van der Waals surface area contributed by atoms with Gasteiger partial charge in [-0.15, -0.1) is 0 Å². The number of hydrogen-bond donors (Lipinski definition) is 1. The number of benzene rings is 3. The fourth-order valence-electron chi connectivity index (χ4n) is 3.19. The van der Waals surface area contributed by atoms with Gasteiger partial charge in [-0.1, -0.05) is 93.6 Å². The molecule has 0 aliphatic rings. The summed E-state index contributed by atoms with van der Waals surface area (Å²) in [6.45, 7) is 6.22. The monoisotopic (exact) mass is 378 g/mol. The molecule has 0 aliphatic carbocycles. The highest BCUT2D eigenvalue weighted by atomic mass is 31.1. The smallest absolute Gasteiger partial charge is 0.127 e. The van der Waals surface area contributed by atoms with Crippen molar-refractivity contribution < 1.29 is 9.84 Å². The molecule has 2 nitrogen and oxygen atoms in total. The van der Waals surface area contributed by atoms with E-state index in [1.807, 2.05) is 24.3 Å². The third-order valence-electron chi connectivity index (χ3n) is 4.63. The first kappa shape index (κ1) is 19.6. The van der Waals surface area contributed by atoms with Gasteiger partial charge in [0.25, 0.3) is 0 Å². The van der Waals surface area contributed by atoms with Crippen molar-refractivity contribution in [3.8, 4) is 5.75 Å². The molecule has 0 heterocycles. The Kier molecular flexibility index (Phi) is 5.99. The van der Waals surface area contributed by atoms with Crippen molar-refractivity contribution in [2.75, 3.05) is 7.11 Å². The van der Waals surface area contributed by atoms with E-state index >= 15 is 0 Å². The van der Waals surface area contributed by atoms with Gasteiger partial charge in [-0.2, -0.15) is 0 Å². The van der Waals surface area contributed by atoms with Crippen LogP contribution < -0.4 is 20.7 Å². The van der Waals surface area contributed by atoms with E-state index in [0.29, 0.717) is 0 Å². The van der Waals surface area contributed by atoms with Crippen LogP contribution in [0.25, 0.3) is 0 Å². The maximum Gasteiger partial charge on any atom is 0.127 e. The highest BCUT2D eigenvalue weighted by Gasteiger charge is 2.30. The van der Waals surface area contributed by atoms with Gasteiger partial charge in [-0.25, -0.2) is 0 Å². The lowest BCUT2D eigenvalue weighted by molar-refractivity contribution is 0.0635. The summed E-state index contributed by atoms with van der Waals surface area (Å²) in [6.07, 6.45) is -0.544. The van der Waals surface area contributed by atoms with Gasteiger partial charge in [0.15, 0.2) is 0 Å². The highest BCUT2D eigenvalue weighted by molar-refractivity contribution is 7.80. The Morgan fingerprint density at radius 3 is 1.96 bits per heavy atom. The summed E-state index contributed by atoms with van der Waals surface area (Å²) < 4.78 is 5.69. The van der Waals surface area contributed by atoms with Gasteiger partial charge in [0.1, 0.15) is 5.75 Å². The normalized spacial score (nSPS) is 13.8. The largest absolute Gasteiger partial charge is 0.496 e. The minimum absolute atomic E-state index is 0.241. The molecule has 3 aromatic rings. The fourth-order valence-corrected chi connectivity index (χ4v) is 5.79. The van der Waals surface area contributed by atoms with Crippen LogP contribution in [0.3, 0.4) is 0 Å². The predicted octanol–water partition coefficient (Wildman–Crippen LogP) is 4.53. The van der Waals surface area contributed by atoms with Crippen LogP contribution in [0.1, 0.15) is 32.4 Å². The number of ether oxygens (including phenoxy) is 1. The van der Waals surface area contributed by atoms with Crippen LogP contribution in [0.2, 0.25) is 0 Å². The Morgan fingerprint density at radius 2 is 1.33 bits per heavy atom. The van der Waals surface area contributed by atoms with Crippen LogP contribution in [-0.4, -0.2) is 12.2 Å². The lowest BCUT2D eigenvalue weighted by Gasteiger charge is -2.31. The summed E-state index contributed by atoms with van der Waals surface area (Å²) in [5.74, 6) is 0.882. The molecule has 0 aromatic heterocycles. The number of hydrogen-bond acceptors (Lipinski definition) is 2. The van der Waals surface area contributed by atoms with Gasteiger partial charge in [0, 0.05) is 5.30 Å². The molecule has 0 radical (unpaired) electrons. The average Bonchev–Trinajstić information content (AvgIpc) is 2.68. The summed E-state index contributed by atoms with van der Waals surface area (Å²) in [5.41, 5.74) is 0.750. The second-order valence-corrected chi connectivity index (χ2v) is 9.82. The molecule has 3 rings (SSSR count). The Labute approximate surface area is 163 Å². The van der Waals surface area contributed by atoms with Gasteiger partial charge in [-0.3, -0.25) is 0 Å². The molecule has 140 valence electrons. The minimum Gasteiger partial charge on any atom is -0.496 e. The predicted molar refractivity (Wildman–Crippen MR) is 116 cm³/mol. The summed E-state index contributed by atoms with van der Waals surface area (Å²) in [7, 11) is 0.858. The average molecular weight is 378 g/mol. The number of aliphatic hydroxyl groups is 1. The van der Waals surface area contributed by atoms with Gasteiger partial charge in [0.2, 0.25) is 0 Å². The van der Waals surface area contributed by atoms with Crippen molar-refractivity contribution in [3.05, 3.63) is 84.4 Å². The molecule has 2 atom stereocenters. The van der Waals surface area contributed by atoms with Crippen molar-refractivity contribution >= 4 is 23.8 Å². The maximum atomic E-state index is 11.1. The number of rotatable bonds is 5. The van der Waals surface area contributed by atoms with Crippen LogP contribution in [-0.2, 0) is 0 Å². The molecule has 2 unspecified atom stereocenters. The maximum absolute atomic E-state index is 11.1. The van der Waals surface area contributed by atoms with Crippen LogP contribution in [0, 0.1) is 5.41 Å². The number of para-hydroxylation sites is 1. The van der Waals surface area contributed by atoms with Crippen molar-refractivity contribution in [2.24, 2.45) is 5.41 Å². The lowest BCUT2D eigenvalue weighted by Crippen LogP contribution is -2.28. The van der Waals surface area contributed by atoms with E-state index in [2.05, 4.69) is 75.4 Å². The molecular formula is C24H27O2P. The third-order valence-corrected chi connectivity index (χ3v) is 7.19. The SMILES string of the molecule is COc1ccccc1P(c1ccccc1)c1ccccc1C(O)C(C)(C)C. The summed E-state index contributed by atoms with van der Waals surface area (Å²) in [6, 6.07) is 27.0. The van der Waals surface area contributed by atoms with Crippen molar-refractivity contribution in [1.29, 1.82) is 0 Å². The van der Waals surface area contributed by atoms with E-state index in [4.69, 9.17) is 4.74 Å². The zero-order chi connectivity index (χ0) is 19.4. The Hall–Kier alpha value is -2.15. The molecule has 3 aromatic carbocycles. The van der Waals surface area contributed by atoms with Crippen LogP contribution >= 0.6 is 7.92 Å². The van der Waals surface area contributed by atoms with E-state index in [0.717, 1.165) is 16.6 Å². The molecular weight excluding hydrogens is 351 g/mol. The molecule has 27 heavy (non-hydrogen) atoms. The van der Waals surface area contributed by atoms with Crippen molar-refractivity contribution in [3.63, 3.8) is 0 Å². The van der Waals surface area contributed by atoms with E-state index in [1.165, 1.54) is 10.6 Å². The van der Waals surface area contributed by atoms with E-state index in [9.17, 15) is 5.11 Å². The van der Waals surface area contributed by atoms with Gasteiger partial charge in [0.05, 0.1) is 13.2 Å². The van der Waals surface area contributed by atoms with Gasteiger partial charge in [-0.05, 0) is 35.6 Å². The minimum atomic E-state index is -0.858. The number of aliphatic hydroxyl groups excluding tert-OH is 1. The third kappa shape index (κ3) is 4.24. The Morgan fingerprint density at radius 1 is 0.778 bits per heavy atom. The zero-order valence-electron chi connectivity index (χ0n) is 16.4. The van der Waals surface area contributed by atoms with Crippen LogP contribution in [0.4, 0.5) is 0 Å². The first-order chi connectivity index (χ1) is 12.9. The quantitative estimate of drug-likeness (QED) is 0.661. The fraction of sp³-hybridized carbons (Fsp3) is 0.250. The molecule has 0 saturated carbocycles. The summed E-state index contributed by atoms with van der Waals surface area (Å²) in [5, 5.41) is 14.7. The first-order valence-electron chi connectivity index (χ1n) is 9.18. The number of methoxy groups -OCH3 is 1.